The van der Waals surface area contributed by atoms with Gasteiger partial charge in [-0.3, -0.25) is 4.90 Å². The van der Waals surface area contributed by atoms with Gasteiger partial charge in [-0.25, -0.2) is 4.79 Å². The number of rotatable bonds is 4. The predicted octanol–water partition coefficient (Wildman–Crippen LogP) is 3.35. The zero-order valence-corrected chi connectivity index (χ0v) is 14.9. The van der Waals surface area contributed by atoms with Crippen LogP contribution in [0.4, 0.5) is 0 Å². The number of piperazine rings is 1. The second-order valence-corrected chi connectivity index (χ2v) is 7.03. The molecule has 0 radical (unpaired) electrons. The molecule has 1 unspecified atom stereocenters. The van der Waals surface area contributed by atoms with Crippen molar-refractivity contribution in [1.29, 1.82) is 0 Å². The number of carboxylic acid groups (broad SMARTS) is 1. The predicted molar refractivity (Wildman–Crippen MR) is 102 cm³/mol. The van der Waals surface area contributed by atoms with Crippen LogP contribution in [0, 0.1) is 0 Å². The molecule has 5 nitrogen and oxygen atoms in total. The van der Waals surface area contributed by atoms with E-state index in [4.69, 9.17) is 5.11 Å². The first-order chi connectivity index (χ1) is 12.6. The SMILES string of the molecule is CN1CCN(Cc2cccc3[nH]ccc23)C(c2ccc(C(=O)O)cc2)C1. The summed E-state index contributed by atoms with van der Waals surface area (Å²) in [5.41, 5.74) is 3.99. The van der Waals surface area contributed by atoms with Crippen molar-refractivity contribution in [2.75, 3.05) is 26.7 Å². The Balaban J connectivity index is 1.62. The van der Waals surface area contributed by atoms with Gasteiger partial charge in [0.05, 0.1) is 5.56 Å². The van der Waals surface area contributed by atoms with Crippen LogP contribution in [0.2, 0.25) is 0 Å². The number of fused-ring (bicyclic) bond motifs is 1. The highest BCUT2D eigenvalue weighted by Gasteiger charge is 2.27. The van der Waals surface area contributed by atoms with Crippen molar-refractivity contribution < 1.29 is 9.90 Å². The topological polar surface area (TPSA) is 59.6 Å². The molecule has 26 heavy (non-hydrogen) atoms. The number of likely N-dealkylation sites (N-methyl/N-ethyl adjacent to an activating group) is 1. The normalized spacial score (nSPS) is 19.0. The molecule has 134 valence electrons. The first kappa shape index (κ1) is 16.8. The van der Waals surface area contributed by atoms with E-state index in [9.17, 15) is 4.79 Å². The van der Waals surface area contributed by atoms with Crippen LogP contribution in [0.3, 0.4) is 0 Å². The van der Waals surface area contributed by atoms with Gasteiger partial charge in [0.1, 0.15) is 0 Å². The lowest BCUT2D eigenvalue weighted by molar-refractivity contribution is 0.0696. The average molecular weight is 349 g/mol. The second-order valence-electron chi connectivity index (χ2n) is 7.03. The lowest BCUT2D eigenvalue weighted by atomic mass is 9.99. The maximum Gasteiger partial charge on any atom is 0.335 e. The lowest BCUT2D eigenvalue weighted by Gasteiger charge is -2.40. The summed E-state index contributed by atoms with van der Waals surface area (Å²) in [7, 11) is 2.14. The maximum absolute atomic E-state index is 11.1. The molecule has 1 atom stereocenters. The van der Waals surface area contributed by atoms with E-state index in [-0.39, 0.29) is 6.04 Å². The Morgan fingerprint density at radius 3 is 2.73 bits per heavy atom. The molecule has 0 aliphatic carbocycles. The molecule has 2 heterocycles. The third kappa shape index (κ3) is 3.23. The van der Waals surface area contributed by atoms with Crippen LogP contribution in [0.25, 0.3) is 10.9 Å². The van der Waals surface area contributed by atoms with Gasteiger partial charge < -0.3 is 15.0 Å². The zero-order valence-electron chi connectivity index (χ0n) is 14.9. The van der Waals surface area contributed by atoms with E-state index in [1.165, 1.54) is 22.0 Å². The zero-order chi connectivity index (χ0) is 18.1. The molecule has 1 aliphatic heterocycles. The quantitative estimate of drug-likeness (QED) is 0.758. The van der Waals surface area contributed by atoms with Crippen molar-refractivity contribution in [3.8, 4) is 0 Å². The Bertz CT molecular complexity index is 916. The molecule has 4 rings (SSSR count). The van der Waals surface area contributed by atoms with Crippen LogP contribution in [0.5, 0.6) is 0 Å². The molecule has 2 N–H and O–H groups in total. The van der Waals surface area contributed by atoms with E-state index < -0.39 is 5.97 Å². The lowest BCUT2D eigenvalue weighted by Crippen LogP contribution is -2.46. The summed E-state index contributed by atoms with van der Waals surface area (Å²) in [6, 6.07) is 16.1. The van der Waals surface area contributed by atoms with Crippen molar-refractivity contribution in [1.82, 2.24) is 14.8 Å². The number of aromatic carboxylic acids is 1. The number of hydrogen-bond donors (Lipinski definition) is 2. The van der Waals surface area contributed by atoms with Gasteiger partial charge in [0.2, 0.25) is 0 Å². The van der Waals surface area contributed by atoms with Gasteiger partial charge in [-0.05, 0) is 42.4 Å². The van der Waals surface area contributed by atoms with Gasteiger partial charge >= 0.3 is 5.97 Å². The monoisotopic (exact) mass is 349 g/mol. The molecule has 0 saturated carbocycles. The molecular formula is C21H23N3O2. The fourth-order valence-corrected chi connectivity index (χ4v) is 3.82. The van der Waals surface area contributed by atoms with Crippen molar-refractivity contribution >= 4 is 16.9 Å². The first-order valence-corrected chi connectivity index (χ1v) is 8.92. The number of nitrogens with one attached hydrogen (secondary N) is 1. The molecular weight excluding hydrogens is 326 g/mol. The standard InChI is InChI=1S/C21H23N3O2/c1-23-11-12-24(13-17-3-2-4-19-18(17)9-10-22-19)20(14-23)15-5-7-16(8-6-15)21(25)26/h2-10,20,22H,11-14H2,1H3,(H,25,26). The minimum atomic E-state index is -0.881. The van der Waals surface area contributed by atoms with Gasteiger partial charge in [0.25, 0.3) is 0 Å². The number of H-pyrrole nitrogens is 1. The van der Waals surface area contributed by atoms with Gasteiger partial charge in [-0.2, -0.15) is 0 Å². The van der Waals surface area contributed by atoms with E-state index in [2.05, 4.69) is 46.1 Å². The van der Waals surface area contributed by atoms with Gasteiger partial charge in [-0.15, -0.1) is 0 Å². The molecule has 2 aromatic carbocycles. The first-order valence-electron chi connectivity index (χ1n) is 8.92. The Hall–Kier alpha value is -2.63. The Kier molecular flexibility index (Phi) is 4.49. The molecule has 0 amide bonds. The van der Waals surface area contributed by atoms with E-state index in [0.29, 0.717) is 5.56 Å². The van der Waals surface area contributed by atoms with Gasteiger partial charge in [-0.1, -0.05) is 24.3 Å². The van der Waals surface area contributed by atoms with Crippen LogP contribution in [0.1, 0.15) is 27.5 Å². The van der Waals surface area contributed by atoms with Gasteiger partial charge in [0.15, 0.2) is 0 Å². The molecule has 0 bridgehead atoms. The summed E-state index contributed by atoms with van der Waals surface area (Å²) in [4.78, 5) is 19.2. The van der Waals surface area contributed by atoms with Crippen LogP contribution in [-0.2, 0) is 6.54 Å². The van der Waals surface area contributed by atoms with Gasteiger partial charge in [0, 0.05) is 49.3 Å². The van der Waals surface area contributed by atoms with Crippen molar-refractivity contribution in [3.05, 3.63) is 71.4 Å². The molecule has 5 heteroatoms. The molecule has 1 saturated heterocycles. The summed E-state index contributed by atoms with van der Waals surface area (Å²) < 4.78 is 0. The van der Waals surface area contributed by atoms with Crippen LogP contribution >= 0.6 is 0 Å². The summed E-state index contributed by atoms with van der Waals surface area (Å²) in [5, 5.41) is 10.4. The number of aromatic nitrogens is 1. The number of hydrogen-bond acceptors (Lipinski definition) is 3. The number of benzene rings is 2. The highest BCUT2D eigenvalue weighted by molar-refractivity contribution is 5.87. The largest absolute Gasteiger partial charge is 0.478 e. The number of carbonyl (C=O) groups is 1. The fraction of sp³-hybridized carbons (Fsp3) is 0.286. The Morgan fingerprint density at radius 1 is 1.15 bits per heavy atom. The highest BCUT2D eigenvalue weighted by atomic mass is 16.4. The van der Waals surface area contributed by atoms with E-state index in [0.717, 1.165) is 26.2 Å². The number of carboxylic acids is 1. The number of nitrogens with zero attached hydrogens (tertiary/aromatic N) is 2. The van der Waals surface area contributed by atoms with Crippen LogP contribution < -0.4 is 0 Å². The summed E-state index contributed by atoms with van der Waals surface area (Å²) in [5.74, 6) is -0.881. The summed E-state index contributed by atoms with van der Waals surface area (Å²) in [6.07, 6.45) is 1.99. The second kappa shape index (κ2) is 6.94. The summed E-state index contributed by atoms with van der Waals surface area (Å²) >= 11 is 0. The third-order valence-electron chi connectivity index (χ3n) is 5.30. The van der Waals surface area contributed by atoms with E-state index in [1.807, 2.05) is 18.3 Å². The highest BCUT2D eigenvalue weighted by Crippen LogP contribution is 2.29. The van der Waals surface area contributed by atoms with Crippen LogP contribution in [0.15, 0.2) is 54.7 Å². The smallest absolute Gasteiger partial charge is 0.335 e. The average Bonchev–Trinajstić information content (AvgIpc) is 3.13. The molecule has 1 aliphatic rings. The Labute approximate surface area is 152 Å². The third-order valence-corrected chi connectivity index (χ3v) is 5.30. The maximum atomic E-state index is 11.1. The van der Waals surface area contributed by atoms with E-state index >= 15 is 0 Å². The molecule has 0 spiro atoms. The minimum absolute atomic E-state index is 0.255. The van der Waals surface area contributed by atoms with Crippen LogP contribution in [-0.4, -0.2) is 52.5 Å². The van der Waals surface area contributed by atoms with Crippen molar-refractivity contribution in [2.24, 2.45) is 0 Å². The Morgan fingerprint density at radius 2 is 1.96 bits per heavy atom. The fourth-order valence-electron chi connectivity index (χ4n) is 3.82. The molecule has 3 aromatic rings. The molecule has 1 fully saturated rings. The van der Waals surface area contributed by atoms with Crippen molar-refractivity contribution in [2.45, 2.75) is 12.6 Å². The number of aromatic amines is 1. The van der Waals surface area contributed by atoms with E-state index in [1.54, 1.807) is 12.1 Å². The minimum Gasteiger partial charge on any atom is -0.478 e. The van der Waals surface area contributed by atoms with Crippen molar-refractivity contribution in [3.63, 3.8) is 0 Å². The summed E-state index contributed by atoms with van der Waals surface area (Å²) in [6.45, 7) is 3.85. The molecule has 1 aromatic heterocycles.